The monoisotopic (exact) mass is 359 g/mol. The van der Waals surface area contributed by atoms with E-state index in [0.717, 1.165) is 27.6 Å². The second-order valence-corrected chi connectivity index (χ2v) is 7.07. The second-order valence-electron chi connectivity index (χ2n) is 7.07. The normalized spacial score (nSPS) is 16.7. The number of fused-ring (bicyclic) bond motifs is 1. The molecule has 0 radical (unpaired) electrons. The van der Waals surface area contributed by atoms with Crippen LogP contribution in [0, 0.1) is 19.8 Å². The zero-order valence-electron chi connectivity index (χ0n) is 15.4. The number of hydrogen-bond acceptors (Lipinski definition) is 3. The number of hydrogen-bond donors (Lipinski definition) is 0. The quantitative estimate of drug-likeness (QED) is 0.514. The van der Waals surface area contributed by atoms with E-state index in [1.54, 1.807) is 11.0 Å². The molecule has 0 unspecified atom stereocenters. The third kappa shape index (κ3) is 3.31. The number of amides is 1. The predicted octanol–water partition coefficient (Wildman–Crippen LogP) is 4.42. The lowest BCUT2D eigenvalue weighted by molar-refractivity contribution is -0.139. The summed E-state index contributed by atoms with van der Waals surface area (Å²) in [7, 11) is 0. The molecule has 1 fully saturated rings. The number of nitrogens with zero attached hydrogens (tertiary/aromatic N) is 1. The summed E-state index contributed by atoms with van der Waals surface area (Å²) in [5.74, 6) is -0.333. The van der Waals surface area contributed by atoms with E-state index in [9.17, 15) is 9.59 Å². The van der Waals surface area contributed by atoms with Crippen LogP contribution in [0.15, 0.2) is 60.7 Å². The van der Waals surface area contributed by atoms with Gasteiger partial charge in [-0.25, -0.2) is 0 Å². The van der Waals surface area contributed by atoms with Gasteiger partial charge in [0.2, 0.25) is 5.91 Å². The minimum atomic E-state index is -0.460. The van der Waals surface area contributed by atoms with Crippen molar-refractivity contribution in [3.05, 3.63) is 71.8 Å². The van der Waals surface area contributed by atoms with Gasteiger partial charge in [-0.3, -0.25) is 9.59 Å². The molecule has 27 heavy (non-hydrogen) atoms. The van der Waals surface area contributed by atoms with E-state index in [4.69, 9.17) is 4.74 Å². The van der Waals surface area contributed by atoms with E-state index in [-0.39, 0.29) is 18.3 Å². The average Bonchev–Trinajstić information content (AvgIpc) is 3.06. The lowest BCUT2D eigenvalue weighted by Crippen LogP contribution is -2.27. The van der Waals surface area contributed by atoms with E-state index in [1.807, 2.05) is 68.4 Å². The molecule has 4 heteroatoms. The van der Waals surface area contributed by atoms with Crippen LogP contribution in [-0.4, -0.2) is 18.4 Å². The Morgan fingerprint density at radius 1 is 1.00 bits per heavy atom. The Hall–Kier alpha value is -3.14. The van der Waals surface area contributed by atoms with Crippen LogP contribution >= 0.6 is 0 Å². The first-order valence-electron chi connectivity index (χ1n) is 9.10. The minimum Gasteiger partial charge on any atom is -0.426 e. The van der Waals surface area contributed by atoms with Gasteiger partial charge in [-0.15, -0.1) is 0 Å². The molecule has 3 aromatic rings. The number of ether oxygens (including phenoxy) is 1. The maximum Gasteiger partial charge on any atom is 0.316 e. The molecule has 0 N–H and O–H groups in total. The van der Waals surface area contributed by atoms with E-state index in [0.29, 0.717) is 12.3 Å². The van der Waals surface area contributed by atoms with Crippen LogP contribution < -0.4 is 9.64 Å². The van der Waals surface area contributed by atoms with Crippen molar-refractivity contribution in [2.24, 2.45) is 5.92 Å². The van der Waals surface area contributed by atoms with Gasteiger partial charge in [-0.2, -0.15) is 0 Å². The van der Waals surface area contributed by atoms with Crippen molar-refractivity contribution >= 4 is 28.3 Å². The highest BCUT2D eigenvalue weighted by Gasteiger charge is 2.37. The highest BCUT2D eigenvalue weighted by Crippen LogP contribution is 2.32. The lowest BCUT2D eigenvalue weighted by atomic mass is 10.1. The maximum atomic E-state index is 12.6. The van der Waals surface area contributed by atoms with E-state index in [2.05, 4.69) is 0 Å². The summed E-state index contributed by atoms with van der Waals surface area (Å²) < 4.78 is 5.54. The van der Waals surface area contributed by atoms with Crippen molar-refractivity contribution < 1.29 is 14.3 Å². The van der Waals surface area contributed by atoms with Crippen molar-refractivity contribution in [2.75, 3.05) is 11.4 Å². The fraction of sp³-hybridized carbons (Fsp3) is 0.217. The van der Waals surface area contributed by atoms with Crippen LogP contribution in [0.5, 0.6) is 5.75 Å². The zero-order chi connectivity index (χ0) is 19.0. The van der Waals surface area contributed by atoms with Gasteiger partial charge in [0.25, 0.3) is 0 Å². The smallest absolute Gasteiger partial charge is 0.316 e. The van der Waals surface area contributed by atoms with Crippen LogP contribution in [-0.2, 0) is 9.59 Å². The molecular weight excluding hydrogens is 338 g/mol. The Bertz CT molecular complexity index is 1040. The van der Waals surface area contributed by atoms with Gasteiger partial charge >= 0.3 is 5.97 Å². The molecule has 1 aliphatic heterocycles. The summed E-state index contributed by atoms with van der Waals surface area (Å²) in [6.45, 7) is 4.34. The maximum absolute atomic E-state index is 12.6. The molecule has 4 nitrogen and oxygen atoms in total. The van der Waals surface area contributed by atoms with Crippen molar-refractivity contribution in [1.82, 2.24) is 0 Å². The van der Waals surface area contributed by atoms with Crippen molar-refractivity contribution in [3.63, 3.8) is 0 Å². The number of anilines is 1. The Balaban J connectivity index is 1.55. The number of esters is 1. The molecule has 1 heterocycles. The molecule has 4 rings (SSSR count). The number of rotatable bonds is 3. The third-order valence-electron chi connectivity index (χ3n) is 5.21. The summed E-state index contributed by atoms with van der Waals surface area (Å²) in [4.78, 5) is 26.9. The zero-order valence-corrected chi connectivity index (χ0v) is 15.4. The summed E-state index contributed by atoms with van der Waals surface area (Å²) in [6, 6.07) is 19.4. The predicted molar refractivity (Wildman–Crippen MR) is 106 cm³/mol. The van der Waals surface area contributed by atoms with Crippen molar-refractivity contribution in [2.45, 2.75) is 20.3 Å². The highest BCUT2D eigenvalue weighted by atomic mass is 16.5. The second kappa shape index (κ2) is 6.88. The Labute approximate surface area is 158 Å². The first-order valence-corrected chi connectivity index (χ1v) is 9.10. The summed E-state index contributed by atoms with van der Waals surface area (Å²) in [6.07, 6.45) is 0.174. The van der Waals surface area contributed by atoms with E-state index < -0.39 is 5.92 Å². The van der Waals surface area contributed by atoms with Gasteiger partial charge in [0.05, 0.1) is 11.6 Å². The lowest BCUT2D eigenvalue weighted by Gasteiger charge is -2.19. The molecule has 1 saturated heterocycles. The van der Waals surface area contributed by atoms with Gasteiger partial charge < -0.3 is 9.64 Å². The molecule has 0 aliphatic carbocycles. The molecule has 1 atom stereocenters. The Kier molecular flexibility index (Phi) is 4.40. The molecule has 1 aliphatic rings. The van der Waals surface area contributed by atoms with Crippen molar-refractivity contribution in [1.29, 1.82) is 0 Å². The van der Waals surface area contributed by atoms with Gasteiger partial charge in [0, 0.05) is 18.4 Å². The molecule has 0 saturated carbocycles. The number of benzene rings is 3. The van der Waals surface area contributed by atoms with Gasteiger partial charge in [-0.05, 0) is 48.6 Å². The number of aryl methyl sites for hydroxylation is 2. The first kappa shape index (κ1) is 17.3. The number of carbonyl (C=O) groups excluding carboxylic acids is 2. The van der Waals surface area contributed by atoms with Crippen LogP contribution in [0.4, 0.5) is 5.69 Å². The fourth-order valence-corrected chi connectivity index (χ4v) is 3.52. The van der Waals surface area contributed by atoms with E-state index >= 15 is 0 Å². The average molecular weight is 359 g/mol. The molecule has 1 amide bonds. The highest BCUT2D eigenvalue weighted by molar-refractivity contribution is 6.06. The minimum absolute atomic E-state index is 0.0478. The molecule has 3 aromatic carbocycles. The molecule has 0 bridgehead atoms. The fourth-order valence-electron chi connectivity index (χ4n) is 3.52. The molecule has 0 spiro atoms. The van der Waals surface area contributed by atoms with E-state index in [1.165, 1.54) is 0 Å². The largest absolute Gasteiger partial charge is 0.426 e. The van der Waals surface area contributed by atoms with Crippen LogP contribution in [0.1, 0.15) is 17.5 Å². The topological polar surface area (TPSA) is 46.6 Å². The number of carbonyl (C=O) groups is 2. The SMILES string of the molecule is Cc1ccc(OC(=O)[C@H]2CC(=O)N(c3cccc4ccccc34)C2)cc1C. The van der Waals surface area contributed by atoms with Crippen LogP contribution in [0.25, 0.3) is 10.8 Å². The molecule has 136 valence electrons. The Morgan fingerprint density at radius 3 is 2.59 bits per heavy atom. The first-order chi connectivity index (χ1) is 13.0. The van der Waals surface area contributed by atoms with Crippen molar-refractivity contribution in [3.8, 4) is 5.75 Å². The molecular formula is C23H21NO3. The van der Waals surface area contributed by atoms with Crippen LogP contribution in [0.2, 0.25) is 0 Å². The van der Waals surface area contributed by atoms with Crippen LogP contribution in [0.3, 0.4) is 0 Å². The summed E-state index contributed by atoms with van der Waals surface area (Å²) >= 11 is 0. The van der Waals surface area contributed by atoms with Gasteiger partial charge in [0.15, 0.2) is 0 Å². The van der Waals surface area contributed by atoms with Gasteiger partial charge in [-0.1, -0.05) is 42.5 Å². The summed E-state index contributed by atoms with van der Waals surface area (Å²) in [5.41, 5.74) is 3.06. The third-order valence-corrected chi connectivity index (χ3v) is 5.21. The summed E-state index contributed by atoms with van der Waals surface area (Å²) in [5, 5.41) is 2.08. The standard InChI is InChI=1S/C23H21NO3/c1-15-10-11-19(12-16(15)2)27-23(26)18-13-22(25)24(14-18)21-9-5-7-17-6-3-4-8-20(17)21/h3-12,18H,13-14H2,1-2H3/t18-/m0/s1. The Morgan fingerprint density at radius 2 is 1.78 bits per heavy atom. The molecule has 0 aromatic heterocycles. The van der Waals surface area contributed by atoms with Gasteiger partial charge in [0.1, 0.15) is 5.75 Å².